The highest BCUT2D eigenvalue weighted by atomic mass is 79.9. The number of hydrogen-bond donors (Lipinski definition) is 0. The number of rotatable bonds is 3. The van der Waals surface area contributed by atoms with E-state index in [1.54, 1.807) is 0 Å². The lowest BCUT2D eigenvalue weighted by Crippen LogP contribution is -2.05. The number of carbonyl (C=O) groups excluding carboxylic acids is 1. The maximum absolute atomic E-state index is 13.3. The Kier molecular flexibility index (Phi) is 4.29. The van der Waals surface area contributed by atoms with Gasteiger partial charge in [0.15, 0.2) is 17.4 Å². The molecule has 0 amide bonds. The monoisotopic (exact) mass is 394 g/mol. The lowest BCUT2D eigenvalue weighted by Gasteiger charge is -2.04. The molecule has 0 fully saturated rings. The third-order valence-corrected chi connectivity index (χ3v) is 4.70. The molecule has 0 N–H and O–H groups in total. The van der Waals surface area contributed by atoms with E-state index in [9.17, 15) is 13.6 Å². The average molecular weight is 396 g/mol. The zero-order chi connectivity index (χ0) is 13.3. The van der Waals surface area contributed by atoms with Crippen molar-refractivity contribution < 1.29 is 13.6 Å². The van der Waals surface area contributed by atoms with E-state index in [2.05, 4.69) is 31.9 Å². The fourth-order valence-corrected chi connectivity index (χ4v) is 3.47. The van der Waals surface area contributed by atoms with Crippen LogP contribution in [0.4, 0.5) is 8.78 Å². The van der Waals surface area contributed by atoms with Crippen LogP contribution in [0.5, 0.6) is 0 Å². The van der Waals surface area contributed by atoms with E-state index in [4.69, 9.17) is 0 Å². The summed E-state index contributed by atoms with van der Waals surface area (Å²) in [4.78, 5) is 12.8. The molecule has 2 rings (SSSR count). The summed E-state index contributed by atoms with van der Waals surface area (Å²) in [5.41, 5.74) is 0.151. The number of carbonyl (C=O) groups is 1. The molecule has 2 aromatic rings. The number of ketones is 1. The van der Waals surface area contributed by atoms with Crippen molar-refractivity contribution in [1.29, 1.82) is 0 Å². The van der Waals surface area contributed by atoms with E-state index in [0.29, 0.717) is 0 Å². The molecular formula is C12H6Br2F2OS. The Hall–Kier alpha value is -0.590. The first kappa shape index (κ1) is 13.8. The summed E-state index contributed by atoms with van der Waals surface area (Å²) < 4.78 is 27.1. The van der Waals surface area contributed by atoms with Gasteiger partial charge in [0.05, 0.1) is 8.26 Å². The van der Waals surface area contributed by atoms with Gasteiger partial charge in [0.1, 0.15) is 0 Å². The Balaban J connectivity index is 2.27. The molecule has 0 atom stereocenters. The van der Waals surface area contributed by atoms with Crippen LogP contribution in [0, 0.1) is 11.6 Å². The quantitative estimate of drug-likeness (QED) is 0.529. The molecule has 1 heterocycles. The number of hydrogen-bond acceptors (Lipinski definition) is 2. The van der Waals surface area contributed by atoms with Gasteiger partial charge in [-0.15, -0.1) is 11.3 Å². The SMILES string of the molecule is O=C(Cc1ccc(Br)s1)c1ccc(F)c(F)c1Br. The lowest BCUT2D eigenvalue weighted by atomic mass is 10.1. The summed E-state index contributed by atoms with van der Waals surface area (Å²) in [6, 6.07) is 5.90. The molecule has 0 bridgehead atoms. The Morgan fingerprint density at radius 2 is 1.89 bits per heavy atom. The van der Waals surface area contributed by atoms with E-state index in [1.165, 1.54) is 17.4 Å². The van der Waals surface area contributed by atoms with Crippen molar-refractivity contribution in [1.82, 2.24) is 0 Å². The van der Waals surface area contributed by atoms with Gasteiger partial charge in [-0.25, -0.2) is 8.78 Å². The second-order valence-electron chi connectivity index (χ2n) is 3.53. The first-order chi connectivity index (χ1) is 8.49. The summed E-state index contributed by atoms with van der Waals surface area (Å²) in [6.07, 6.45) is 0.167. The Labute approximate surface area is 123 Å². The standard InChI is InChI=1S/C12H6Br2F2OS/c13-10-4-1-6(18-10)5-9(17)7-2-3-8(15)12(16)11(7)14/h1-4H,5H2. The van der Waals surface area contributed by atoms with Gasteiger partial charge in [-0.3, -0.25) is 4.79 Å². The predicted octanol–water partition coefficient (Wildman–Crippen LogP) is 4.98. The second kappa shape index (κ2) is 5.59. The third-order valence-electron chi connectivity index (χ3n) is 2.30. The van der Waals surface area contributed by atoms with Crippen LogP contribution in [0.3, 0.4) is 0 Å². The van der Waals surface area contributed by atoms with Gasteiger partial charge in [-0.05, 0) is 56.1 Å². The van der Waals surface area contributed by atoms with Crippen LogP contribution in [-0.2, 0) is 6.42 Å². The van der Waals surface area contributed by atoms with Gasteiger partial charge in [0, 0.05) is 16.9 Å². The van der Waals surface area contributed by atoms with E-state index in [-0.39, 0.29) is 22.2 Å². The first-order valence-corrected chi connectivity index (χ1v) is 7.30. The van der Waals surface area contributed by atoms with E-state index >= 15 is 0 Å². The van der Waals surface area contributed by atoms with Crippen molar-refractivity contribution >= 4 is 49.0 Å². The minimum absolute atomic E-state index is 0.122. The summed E-state index contributed by atoms with van der Waals surface area (Å²) in [7, 11) is 0. The van der Waals surface area contributed by atoms with Crippen molar-refractivity contribution in [3.8, 4) is 0 Å². The molecule has 18 heavy (non-hydrogen) atoms. The average Bonchev–Trinajstić information content (AvgIpc) is 2.71. The molecule has 1 aromatic heterocycles. The van der Waals surface area contributed by atoms with Gasteiger partial charge >= 0.3 is 0 Å². The zero-order valence-corrected chi connectivity index (χ0v) is 12.8. The highest BCUT2D eigenvalue weighted by Crippen LogP contribution is 2.27. The summed E-state index contributed by atoms with van der Waals surface area (Å²) in [5, 5.41) is 0. The largest absolute Gasteiger partial charge is 0.294 e. The fraction of sp³-hybridized carbons (Fsp3) is 0.0833. The van der Waals surface area contributed by atoms with Crippen LogP contribution in [0.1, 0.15) is 15.2 Å². The van der Waals surface area contributed by atoms with Gasteiger partial charge in [-0.2, -0.15) is 0 Å². The Morgan fingerprint density at radius 3 is 2.50 bits per heavy atom. The second-order valence-corrected chi connectivity index (χ2v) is 6.87. The molecule has 0 aliphatic rings. The van der Waals surface area contributed by atoms with Gasteiger partial charge in [0.2, 0.25) is 0 Å². The molecule has 94 valence electrons. The van der Waals surface area contributed by atoms with Crippen molar-refractivity contribution in [3.05, 3.63) is 54.6 Å². The number of thiophene rings is 1. The van der Waals surface area contributed by atoms with Crippen molar-refractivity contribution in [2.75, 3.05) is 0 Å². The molecule has 0 aliphatic carbocycles. The molecule has 0 radical (unpaired) electrons. The minimum Gasteiger partial charge on any atom is -0.294 e. The predicted molar refractivity (Wildman–Crippen MR) is 74.1 cm³/mol. The van der Waals surface area contributed by atoms with Crippen LogP contribution in [-0.4, -0.2) is 5.78 Å². The van der Waals surface area contributed by atoms with Crippen molar-refractivity contribution in [2.24, 2.45) is 0 Å². The van der Waals surface area contributed by atoms with E-state index in [0.717, 1.165) is 14.7 Å². The van der Waals surface area contributed by atoms with E-state index in [1.807, 2.05) is 12.1 Å². The summed E-state index contributed by atoms with van der Waals surface area (Å²) in [6.45, 7) is 0. The molecule has 0 saturated heterocycles. The normalized spacial score (nSPS) is 10.7. The first-order valence-electron chi connectivity index (χ1n) is 4.90. The van der Waals surface area contributed by atoms with Crippen LogP contribution >= 0.6 is 43.2 Å². The Bertz CT molecular complexity index is 610. The molecule has 6 heteroatoms. The van der Waals surface area contributed by atoms with Crippen LogP contribution in [0.25, 0.3) is 0 Å². The smallest absolute Gasteiger partial charge is 0.173 e. The minimum atomic E-state index is -1.03. The summed E-state index contributed by atoms with van der Waals surface area (Å²) in [5.74, 6) is -2.26. The topological polar surface area (TPSA) is 17.1 Å². The maximum Gasteiger partial charge on any atom is 0.173 e. The fourth-order valence-electron chi connectivity index (χ4n) is 1.44. The highest BCUT2D eigenvalue weighted by molar-refractivity contribution is 9.11. The van der Waals surface area contributed by atoms with Crippen molar-refractivity contribution in [3.63, 3.8) is 0 Å². The summed E-state index contributed by atoms with van der Waals surface area (Å²) >= 11 is 7.65. The molecule has 0 saturated carbocycles. The third kappa shape index (κ3) is 2.87. The van der Waals surface area contributed by atoms with Gasteiger partial charge in [-0.1, -0.05) is 0 Å². The molecule has 0 spiro atoms. The molecule has 0 aliphatic heterocycles. The number of benzene rings is 1. The lowest BCUT2D eigenvalue weighted by molar-refractivity contribution is 0.0992. The highest BCUT2D eigenvalue weighted by Gasteiger charge is 2.17. The van der Waals surface area contributed by atoms with Gasteiger partial charge in [0.25, 0.3) is 0 Å². The Morgan fingerprint density at radius 1 is 1.17 bits per heavy atom. The zero-order valence-electron chi connectivity index (χ0n) is 8.84. The number of halogens is 4. The van der Waals surface area contributed by atoms with Crippen LogP contribution in [0.2, 0.25) is 0 Å². The van der Waals surface area contributed by atoms with Crippen LogP contribution < -0.4 is 0 Å². The van der Waals surface area contributed by atoms with Crippen molar-refractivity contribution in [2.45, 2.75) is 6.42 Å². The molecular weight excluding hydrogens is 390 g/mol. The van der Waals surface area contributed by atoms with E-state index < -0.39 is 11.6 Å². The molecule has 1 aromatic carbocycles. The molecule has 1 nitrogen and oxygen atoms in total. The molecule has 0 unspecified atom stereocenters. The maximum atomic E-state index is 13.3. The van der Waals surface area contributed by atoms with Gasteiger partial charge < -0.3 is 0 Å². The van der Waals surface area contributed by atoms with Crippen LogP contribution in [0.15, 0.2) is 32.5 Å². The number of Topliss-reactive ketones (excluding diaryl/α,β-unsaturated/α-hetero) is 1.